The van der Waals surface area contributed by atoms with E-state index >= 15 is 0 Å². The molecular formula is C27H33N6O3S+. The van der Waals surface area contributed by atoms with Gasteiger partial charge in [0.15, 0.2) is 0 Å². The standard InChI is InChI=1S/C27H32N6O3S/c1-17(2)27(34)31-20-10-6-19(7-11-20)24-22(23-25(28)29-16-30-26(23)32(24)3)18-8-12-21(13-9-18)33(37(35)36)14-4-5-15-33/h6-8,10-11,16,21,37H,1,4-5,9,12-15H2,2-3H3,(H2-,28,29,30,31,34)/p+1/t21-/m1/s1. The van der Waals surface area contributed by atoms with E-state index in [9.17, 15) is 13.2 Å². The zero-order valence-electron chi connectivity index (χ0n) is 21.2. The molecule has 3 N–H and O–H groups in total. The summed E-state index contributed by atoms with van der Waals surface area (Å²) in [5.41, 5.74) is 12.3. The number of amides is 1. The Morgan fingerprint density at radius 3 is 2.49 bits per heavy atom. The van der Waals surface area contributed by atoms with Crippen LogP contribution >= 0.6 is 0 Å². The quantitative estimate of drug-likeness (QED) is 0.258. The second-order valence-electron chi connectivity index (χ2n) is 10.1. The third-order valence-electron chi connectivity index (χ3n) is 7.85. The first kappa shape index (κ1) is 25.2. The Bertz CT molecular complexity index is 1490. The Labute approximate surface area is 218 Å². The van der Waals surface area contributed by atoms with Crippen LogP contribution in [0.4, 0.5) is 11.5 Å². The van der Waals surface area contributed by atoms with Crippen LogP contribution < -0.4 is 11.1 Å². The number of nitrogens with zero attached hydrogens (tertiary/aromatic N) is 4. The minimum absolute atomic E-state index is 0.0793. The van der Waals surface area contributed by atoms with E-state index in [2.05, 4.69) is 27.9 Å². The second-order valence-corrected chi connectivity index (χ2v) is 11.4. The summed E-state index contributed by atoms with van der Waals surface area (Å²) in [5, 5.41) is 3.65. The maximum atomic E-state index is 12.3. The Hall–Kier alpha value is -3.50. The molecule has 0 bridgehead atoms. The number of allylic oxidation sites excluding steroid dienone is 1. The maximum Gasteiger partial charge on any atom is 0.287 e. The van der Waals surface area contributed by atoms with E-state index in [4.69, 9.17) is 5.73 Å². The van der Waals surface area contributed by atoms with Crippen molar-refractivity contribution in [3.05, 3.63) is 54.4 Å². The van der Waals surface area contributed by atoms with E-state index in [0.29, 0.717) is 36.6 Å². The number of nitrogens with two attached hydrogens (primary N) is 1. The van der Waals surface area contributed by atoms with Gasteiger partial charge >= 0.3 is 0 Å². The van der Waals surface area contributed by atoms with Crippen LogP contribution in [-0.4, -0.2) is 51.9 Å². The number of nitrogens with one attached hydrogen (secondary N) is 1. The number of quaternary nitrogens is 1. The topological polar surface area (TPSA) is 120 Å². The first-order chi connectivity index (χ1) is 17.7. The van der Waals surface area contributed by atoms with Gasteiger partial charge in [0, 0.05) is 49.6 Å². The molecule has 10 heteroatoms. The molecule has 5 rings (SSSR count). The Morgan fingerprint density at radius 2 is 1.89 bits per heavy atom. The highest BCUT2D eigenvalue weighted by Crippen LogP contribution is 2.43. The normalized spacial score (nSPS) is 19.2. The van der Waals surface area contributed by atoms with Crippen molar-refractivity contribution >= 4 is 44.9 Å². The molecule has 0 spiro atoms. The molecule has 9 nitrogen and oxygen atoms in total. The average molecular weight is 522 g/mol. The van der Waals surface area contributed by atoms with E-state index in [1.165, 1.54) is 6.33 Å². The lowest BCUT2D eigenvalue weighted by molar-refractivity contribution is -0.816. The molecule has 1 aliphatic carbocycles. The third-order valence-corrected chi connectivity index (χ3v) is 9.23. The highest BCUT2D eigenvalue weighted by molar-refractivity contribution is 7.66. The summed E-state index contributed by atoms with van der Waals surface area (Å²) in [6.07, 6.45) is 7.83. The fourth-order valence-electron chi connectivity index (χ4n) is 5.90. The fraction of sp³-hybridized carbons (Fsp3) is 0.370. The van der Waals surface area contributed by atoms with E-state index in [1.54, 1.807) is 6.92 Å². The van der Waals surface area contributed by atoms with Crippen molar-refractivity contribution in [2.75, 3.05) is 24.1 Å². The first-order valence-corrected chi connectivity index (χ1v) is 13.7. The van der Waals surface area contributed by atoms with Crippen molar-refractivity contribution in [3.63, 3.8) is 0 Å². The lowest BCUT2D eigenvalue weighted by Gasteiger charge is -2.37. The molecule has 37 heavy (non-hydrogen) atoms. The molecular weight excluding hydrogens is 488 g/mol. The summed E-state index contributed by atoms with van der Waals surface area (Å²) in [7, 11) is -0.573. The Morgan fingerprint density at radius 1 is 1.19 bits per heavy atom. The number of benzene rings is 1. The number of likely N-dealkylation sites (tertiary alicyclic amines) is 1. The predicted molar refractivity (Wildman–Crippen MR) is 147 cm³/mol. The second kappa shape index (κ2) is 9.75. The average Bonchev–Trinajstić information content (AvgIpc) is 3.50. The summed E-state index contributed by atoms with van der Waals surface area (Å²) >= 11 is 0. The number of rotatable bonds is 6. The number of hydrogen-bond donors (Lipinski definition) is 3. The van der Waals surface area contributed by atoms with Crippen molar-refractivity contribution in [1.29, 1.82) is 0 Å². The van der Waals surface area contributed by atoms with Crippen molar-refractivity contribution in [1.82, 2.24) is 14.5 Å². The number of fused-ring (bicyclic) bond motifs is 1. The number of carbonyl (C=O) groups is 1. The molecule has 2 aromatic heterocycles. The van der Waals surface area contributed by atoms with Crippen molar-refractivity contribution in [2.24, 2.45) is 7.05 Å². The van der Waals surface area contributed by atoms with Gasteiger partial charge in [-0.2, -0.15) is 8.42 Å². The molecule has 3 heterocycles. The van der Waals surface area contributed by atoms with Crippen LogP contribution in [0.1, 0.15) is 44.6 Å². The number of hydrogen-bond acceptors (Lipinski definition) is 6. The zero-order chi connectivity index (χ0) is 26.3. The van der Waals surface area contributed by atoms with Crippen molar-refractivity contribution in [2.45, 2.75) is 45.1 Å². The maximum absolute atomic E-state index is 12.3. The number of nitrogen functional groups attached to an aromatic ring is 1. The van der Waals surface area contributed by atoms with Gasteiger partial charge in [0.05, 0.1) is 24.2 Å². The fourth-order valence-corrected chi connectivity index (χ4v) is 6.99. The van der Waals surface area contributed by atoms with E-state index < -0.39 is 10.9 Å². The van der Waals surface area contributed by atoms with Crippen LogP contribution in [-0.2, 0) is 22.7 Å². The van der Waals surface area contributed by atoms with Crippen LogP contribution in [0.15, 0.2) is 48.8 Å². The van der Waals surface area contributed by atoms with Gasteiger partial charge in [-0.15, -0.1) is 0 Å². The van der Waals surface area contributed by atoms with Gasteiger partial charge in [-0.1, -0.05) is 24.8 Å². The van der Waals surface area contributed by atoms with Gasteiger partial charge in [0.25, 0.3) is 16.8 Å². The molecule has 2 aliphatic rings. The molecule has 1 atom stereocenters. The van der Waals surface area contributed by atoms with Crippen LogP contribution in [0.25, 0.3) is 27.9 Å². The molecule has 1 saturated heterocycles. The van der Waals surface area contributed by atoms with Crippen molar-refractivity contribution < 1.29 is 17.1 Å². The summed E-state index contributed by atoms with van der Waals surface area (Å²) in [6, 6.07) is 7.74. The van der Waals surface area contributed by atoms with Crippen molar-refractivity contribution in [3.8, 4) is 11.3 Å². The number of carbonyl (C=O) groups excluding carboxylic acids is 1. The first-order valence-electron chi connectivity index (χ1n) is 12.6. The van der Waals surface area contributed by atoms with E-state index in [1.807, 2.05) is 35.9 Å². The molecule has 3 aromatic rings. The zero-order valence-corrected chi connectivity index (χ0v) is 22.1. The smallest absolute Gasteiger partial charge is 0.287 e. The highest BCUT2D eigenvalue weighted by atomic mass is 32.2. The molecule has 1 amide bonds. The lowest BCUT2D eigenvalue weighted by Crippen LogP contribution is -2.52. The summed E-state index contributed by atoms with van der Waals surface area (Å²) in [6.45, 7) is 6.77. The van der Waals surface area contributed by atoms with E-state index in [-0.39, 0.29) is 15.8 Å². The van der Waals surface area contributed by atoms with Crippen LogP contribution in [0, 0.1) is 0 Å². The molecule has 1 aliphatic heterocycles. The third kappa shape index (κ3) is 4.34. The molecule has 1 aromatic carbocycles. The summed E-state index contributed by atoms with van der Waals surface area (Å²) < 4.78 is 26.8. The molecule has 0 radical (unpaired) electrons. The van der Waals surface area contributed by atoms with Gasteiger partial charge in [-0.25, -0.2) is 13.9 Å². The van der Waals surface area contributed by atoms with Crippen LogP contribution in [0.3, 0.4) is 0 Å². The number of anilines is 2. The number of thiol groups is 1. The van der Waals surface area contributed by atoms with Gasteiger partial charge in [0.1, 0.15) is 23.8 Å². The summed E-state index contributed by atoms with van der Waals surface area (Å²) in [4.78, 5) is 20.8. The highest BCUT2D eigenvalue weighted by Gasteiger charge is 2.43. The number of aromatic nitrogens is 3. The van der Waals surface area contributed by atoms with Gasteiger partial charge < -0.3 is 15.6 Å². The van der Waals surface area contributed by atoms with Crippen LogP contribution in [0.5, 0.6) is 0 Å². The lowest BCUT2D eigenvalue weighted by atomic mass is 9.87. The molecule has 1 fully saturated rings. The summed E-state index contributed by atoms with van der Waals surface area (Å²) in [5.74, 6) is 0.196. The predicted octanol–water partition coefficient (Wildman–Crippen LogP) is 3.81. The van der Waals surface area contributed by atoms with Crippen LogP contribution in [0.2, 0.25) is 0 Å². The minimum atomic E-state index is -2.53. The molecule has 0 unspecified atom stereocenters. The largest absolute Gasteiger partial charge is 0.383 e. The monoisotopic (exact) mass is 521 g/mol. The molecule has 0 saturated carbocycles. The SMILES string of the molecule is C=C(C)C(=O)Nc1ccc(-c2c(C3=CC[C@@H]([N+]4([SH](=O)=O)CCCC4)CC3)c3c(N)ncnc3n2C)cc1. The van der Waals surface area contributed by atoms with Gasteiger partial charge in [-0.3, -0.25) is 4.79 Å². The minimum Gasteiger partial charge on any atom is -0.383 e. The molecule has 194 valence electrons. The Kier molecular flexibility index (Phi) is 6.63. The number of aryl methyl sites for hydroxylation is 1. The van der Waals surface area contributed by atoms with Gasteiger partial charge in [0.2, 0.25) is 0 Å². The Balaban J connectivity index is 1.57. The van der Waals surface area contributed by atoms with E-state index in [0.717, 1.165) is 59.1 Å². The van der Waals surface area contributed by atoms with Gasteiger partial charge in [-0.05, 0) is 36.6 Å².